The number of alkyl halides is 2. The number of fused-ring (bicyclic) bond motifs is 2. The van der Waals surface area contributed by atoms with Crippen LogP contribution < -0.4 is 10.2 Å². The number of nitrogens with zero attached hydrogens (tertiary/aromatic N) is 3. The van der Waals surface area contributed by atoms with E-state index in [0.717, 1.165) is 17.3 Å². The van der Waals surface area contributed by atoms with Crippen LogP contribution in [0.4, 0.5) is 24.7 Å². The largest absolute Gasteiger partial charge is 0.363 e. The van der Waals surface area contributed by atoms with Crippen molar-refractivity contribution in [3.8, 4) is 0 Å². The molecule has 35 heavy (non-hydrogen) atoms. The first-order valence-corrected chi connectivity index (χ1v) is 11.9. The molecule has 2 heterocycles. The molecule has 0 spiro atoms. The van der Waals surface area contributed by atoms with E-state index in [0.29, 0.717) is 29.0 Å². The number of likely N-dealkylation sites (N-methyl/N-ethyl adjacent to an activating group) is 1. The lowest BCUT2D eigenvalue weighted by Crippen LogP contribution is -2.33. The molecule has 186 valence electrons. The zero-order chi connectivity index (χ0) is 25.9. The van der Waals surface area contributed by atoms with E-state index in [1.54, 1.807) is 18.9 Å². The van der Waals surface area contributed by atoms with Crippen LogP contribution in [0.3, 0.4) is 0 Å². The fraction of sp³-hybridized carbons (Fsp3) is 0.444. The van der Waals surface area contributed by atoms with Gasteiger partial charge in [-0.05, 0) is 38.5 Å². The van der Waals surface area contributed by atoms with Crippen molar-refractivity contribution in [2.75, 3.05) is 17.3 Å². The van der Waals surface area contributed by atoms with Gasteiger partial charge in [-0.1, -0.05) is 39.0 Å². The summed E-state index contributed by atoms with van der Waals surface area (Å²) in [6, 6.07) is 7.23. The van der Waals surface area contributed by atoms with Gasteiger partial charge < -0.3 is 10.2 Å². The second kappa shape index (κ2) is 8.50. The molecule has 8 heteroatoms. The zero-order valence-corrected chi connectivity index (χ0v) is 21.1. The molecule has 1 aliphatic rings. The molecule has 1 aromatic heterocycles. The number of amides is 1. The van der Waals surface area contributed by atoms with Crippen LogP contribution in [-0.2, 0) is 22.6 Å². The number of halogens is 3. The quantitative estimate of drug-likeness (QED) is 0.434. The molecule has 2 aromatic carbocycles. The molecule has 1 aliphatic heterocycles. The molecule has 0 bridgehead atoms. The molecule has 5 nitrogen and oxygen atoms in total. The number of anilines is 2. The third kappa shape index (κ3) is 3.93. The summed E-state index contributed by atoms with van der Waals surface area (Å²) in [6.45, 7) is 10.1. The van der Waals surface area contributed by atoms with Crippen LogP contribution in [0, 0.1) is 11.7 Å². The number of hydrogen-bond acceptors (Lipinski definition) is 4. The van der Waals surface area contributed by atoms with Gasteiger partial charge in [0.05, 0.1) is 22.5 Å². The zero-order valence-electron chi connectivity index (χ0n) is 21.1. The average Bonchev–Trinajstić information content (AvgIpc) is 2.97. The fourth-order valence-corrected chi connectivity index (χ4v) is 4.64. The number of aryl methyl sites for hydroxylation is 1. The van der Waals surface area contributed by atoms with E-state index in [1.807, 2.05) is 32.9 Å². The fourth-order valence-electron chi connectivity index (χ4n) is 4.64. The van der Waals surface area contributed by atoms with Crippen molar-refractivity contribution in [3.05, 3.63) is 58.7 Å². The van der Waals surface area contributed by atoms with E-state index < -0.39 is 34.7 Å². The Labute approximate surface area is 203 Å². The molecule has 1 amide bonds. The lowest BCUT2D eigenvalue weighted by Gasteiger charge is -2.24. The Bertz CT molecular complexity index is 1320. The maximum absolute atomic E-state index is 15.3. The van der Waals surface area contributed by atoms with Crippen molar-refractivity contribution in [2.45, 2.75) is 65.3 Å². The van der Waals surface area contributed by atoms with E-state index in [4.69, 9.17) is 0 Å². The summed E-state index contributed by atoms with van der Waals surface area (Å²) in [5.74, 6) is -4.21. The van der Waals surface area contributed by atoms with Gasteiger partial charge in [-0.2, -0.15) is 0 Å². The number of carbonyl (C=O) groups excluding carboxylic acids is 1. The first kappa shape index (κ1) is 24.9. The van der Waals surface area contributed by atoms with Crippen LogP contribution in [0.5, 0.6) is 0 Å². The summed E-state index contributed by atoms with van der Waals surface area (Å²) in [4.78, 5) is 23.7. The van der Waals surface area contributed by atoms with Crippen LogP contribution >= 0.6 is 0 Å². The van der Waals surface area contributed by atoms with Gasteiger partial charge in [0.25, 0.3) is 5.92 Å². The van der Waals surface area contributed by atoms with E-state index in [9.17, 15) is 13.6 Å². The van der Waals surface area contributed by atoms with Crippen LogP contribution in [0.25, 0.3) is 10.9 Å². The minimum absolute atomic E-state index is 0.0145. The number of rotatable bonds is 6. The Morgan fingerprint density at radius 2 is 1.83 bits per heavy atom. The van der Waals surface area contributed by atoms with Gasteiger partial charge in [-0.15, -0.1) is 0 Å². The van der Waals surface area contributed by atoms with Crippen molar-refractivity contribution in [3.63, 3.8) is 0 Å². The second-order valence-corrected chi connectivity index (χ2v) is 10.1. The van der Waals surface area contributed by atoms with E-state index in [2.05, 4.69) is 15.3 Å². The monoisotopic (exact) mass is 484 g/mol. The predicted molar refractivity (Wildman–Crippen MR) is 133 cm³/mol. The normalized spacial score (nSPS) is 16.2. The third-order valence-electron chi connectivity index (χ3n) is 6.98. The van der Waals surface area contributed by atoms with Crippen molar-refractivity contribution in [1.82, 2.24) is 9.97 Å². The molecular formula is C27H31F3N4O. The summed E-state index contributed by atoms with van der Waals surface area (Å²) in [7, 11) is 1.74. The molecule has 3 aromatic rings. The highest BCUT2D eigenvalue weighted by molar-refractivity contribution is 6.10. The van der Waals surface area contributed by atoms with Gasteiger partial charge in [0.1, 0.15) is 17.5 Å². The molecule has 0 radical (unpaired) electrons. The lowest BCUT2D eigenvalue weighted by atomic mass is 9.85. The van der Waals surface area contributed by atoms with Crippen LogP contribution in [0.15, 0.2) is 30.3 Å². The third-order valence-corrected chi connectivity index (χ3v) is 6.98. The number of nitrogens with one attached hydrogen (secondary N) is 1. The van der Waals surface area contributed by atoms with Gasteiger partial charge in [0.2, 0.25) is 5.91 Å². The molecule has 0 unspecified atom stereocenters. The summed E-state index contributed by atoms with van der Waals surface area (Å²) in [6.07, 6.45) is 0.570. The minimum Gasteiger partial charge on any atom is -0.363 e. The Balaban J connectivity index is 1.82. The SMILES string of the molecule is CCc1nc(N[C@H](C)c2cccc(C(F)(F)C(C)C)c2F)c2cc3c(cc2n1)N(C)C(=O)C3(C)C. The molecule has 0 fully saturated rings. The molecule has 0 saturated carbocycles. The second-order valence-electron chi connectivity index (χ2n) is 10.1. The number of hydrogen-bond donors (Lipinski definition) is 1. The number of benzene rings is 2. The topological polar surface area (TPSA) is 58.1 Å². The van der Waals surface area contributed by atoms with Crippen molar-refractivity contribution in [1.29, 1.82) is 0 Å². The summed E-state index contributed by atoms with van der Waals surface area (Å²) >= 11 is 0. The molecule has 4 rings (SSSR count). The van der Waals surface area contributed by atoms with Gasteiger partial charge in [-0.3, -0.25) is 4.79 Å². The number of carbonyl (C=O) groups is 1. The Kier molecular flexibility index (Phi) is 6.06. The van der Waals surface area contributed by atoms with Gasteiger partial charge in [-0.25, -0.2) is 23.1 Å². The van der Waals surface area contributed by atoms with Crippen LogP contribution in [0.1, 0.15) is 70.1 Å². The van der Waals surface area contributed by atoms with Crippen LogP contribution in [0.2, 0.25) is 0 Å². The lowest BCUT2D eigenvalue weighted by molar-refractivity contribution is -0.121. The Morgan fingerprint density at radius 3 is 2.46 bits per heavy atom. The summed E-state index contributed by atoms with van der Waals surface area (Å²) < 4.78 is 44.6. The van der Waals surface area contributed by atoms with Crippen LogP contribution in [-0.4, -0.2) is 22.9 Å². The minimum atomic E-state index is -3.29. The molecule has 0 saturated heterocycles. The first-order valence-electron chi connectivity index (χ1n) is 11.9. The average molecular weight is 485 g/mol. The molecule has 1 N–H and O–H groups in total. The van der Waals surface area contributed by atoms with E-state index >= 15 is 4.39 Å². The first-order chi connectivity index (χ1) is 16.3. The maximum atomic E-state index is 15.3. The Morgan fingerprint density at radius 1 is 1.14 bits per heavy atom. The summed E-state index contributed by atoms with van der Waals surface area (Å²) in [5, 5.41) is 3.92. The standard InChI is InChI=1S/C27H31F3N4O/c1-8-22-32-20-13-21-19(26(5,6)25(35)34(21)7)12-17(20)24(33-22)31-15(4)16-10-9-11-18(23(16)28)27(29,30)14(2)3/h9-15H,8H2,1-7H3,(H,31,32,33)/t15-/m1/s1. The van der Waals surface area contributed by atoms with Gasteiger partial charge in [0.15, 0.2) is 0 Å². The highest BCUT2D eigenvalue weighted by atomic mass is 19.3. The van der Waals surface area contributed by atoms with E-state index in [1.165, 1.54) is 26.0 Å². The maximum Gasteiger partial charge on any atom is 0.278 e. The van der Waals surface area contributed by atoms with Crippen molar-refractivity contribution >= 4 is 28.3 Å². The molecular weight excluding hydrogens is 453 g/mol. The van der Waals surface area contributed by atoms with Gasteiger partial charge >= 0.3 is 0 Å². The van der Waals surface area contributed by atoms with E-state index in [-0.39, 0.29) is 11.5 Å². The molecule has 1 atom stereocenters. The summed E-state index contributed by atoms with van der Waals surface area (Å²) in [5.41, 5.74) is 1.11. The molecule has 0 aliphatic carbocycles. The Hall–Kier alpha value is -3.16. The number of aromatic nitrogens is 2. The van der Waals surface area contributed by atoms with Crippen molar-refractivity contribution < 1.29 is 18.0 Å². The smallest absolute Gasteiger partial charge is 0.278 e. The highest BCUT2D eigenvalue weighted by Gasteiger charge is 2.43. The highest BCUT2D eigenvalue weighted by Crippen LogP contribution is 2.44. The van der Waals surface area contributed by atoms with Crippen molar-refractivity contribution in [2.24, 2.45) is 5.92 Å². The predicted octanol–water partition coefficient (Wildman–Crippen LogP) is 6.51. The van der Waals surface area contributed by atoms with Gasteiger partial charge in [0, 0.05) is 36.0 Å².